The van der Waals surface area contributed by atoms with Crippen LogP contribution in [-0.2, 0) is 7.05 Å². The molecule has 0 unspecified atom stereocenters. The van der Waals surface area contributed by atoms with Crippen LogP contribution in [0.25, 0.3) is 0 Å². The molecule has 2 aromatic rings. The molecule has 0 atom stereocenters. The lowest BCUT2D eigenvalue weighted by molar-refractivity contribution is 0.0937. The number of aromatic nitrogens is 1. The van der Waals surface area contributed by atoms with E-state index in [0.29, 0.717) is 29.1 Å². The molecule has 1 heterocycles. The topological polar surface area (TPSA) is 51.5 Å². The summed E-state index contributed by atoms with van der Waals surface area (Å²) in [6.45, 7) is 6.08. The first-order valence-electron chi connectivity index (χ1n) is 8.10. The fraction of sp³-hybridized carbons (Fsp3) is 0.368. The van der Waals surface area contributed by atoms with Crippen molar-refractivity contribution in [3.05, 3.63) is 53.3 Å². The standard InChI is InChI=1S/C19H24N2O3/c1-5-21(6-2)13-18(22)15-11-17(20(3)12-15)19(23)14-7-9-16(24-4)10-8-14/h7-12H,5-6,13H2,1-4H3. The van der Waals surface area contributed by atoms with Gasteiger partial charge in [-0.2, -0.15) is 0 Å². The summed E-state index contributed by atoms with van der Waals surface area (Å²) in [5, 5.41) is 0. The van der Waals surface area contributed by atoms with Gasteiger partial charge in [0.1, 0.15) is 5.75 Å². The molecule has 0 aliphatic rings. The average Bonchev–Trinajstić information content (AvgIpc) is 3.00. The predicted molar refractivity (Wildman–Crippen MR) is 94.0 cm³/mol. The highest BCUT2D eigenvalue weighted by Crippen LogP contribution is 2.17. The fourth-order valence-electron chi connectivity index (χ4n) is 2.57. The summed E-state index contributed by atoms with van der Waals surface area (Å²) in [5.41, 5.74) is 1.64. The van der Waals surface area contributed by atoms with Gasteiger partial charge in [0.15, 0.2) is 5.78 Å². The first-order valence-corrected chi connectivity index (χ1v) is 8.10. The van der Waals surface area contributed by atoms with Crippen molar-refractivity contribution in [2.24, 2.45) is 7.05 Å². The Morgan fingerprint density at radius 1 is 1.08 bits per heavy atom. The van der Waals surface area contributed by atoms with Crippen molar-refractivity contribution in [1.29, 1.82) is 0 Å². The minimum absolute atomic E-state index is 0.0306. The Kier molecular flexibility index (Phi) is 5.93. The van der Waals surface area contributed by atoms with E-state index < -0.39 is 0 Å². The molecule has 0 N–H and O–H groups in total. The lowest BCUT2D eigenvalue weighted by atomic mass is 10.1. The van der Waals surface area contributed by atoms with E-state index in [1.165, 1.54) is 0 Å². The number of hydrogen-bond donors (Lipinski definition) is 0. The van der Waals surface area contributed by atoms with Crippen LogP contribution < -0.4 is 4.74 Å². The highest BCUT2D eigenvalue weighted by atomic mass is 16.5. The summed E-state index contributed by atoms with van der Waals surface area (Å²) in [6.07, 6.45) is 1.72. The molecule has 0 fully saturated rings. The van der Waals surface area contributed by atoms with Gasteiger partial charge in [0.05, 0.1) is 19.3 Å². The number of carbonyl (C=O) groups excluding carboxylic acids is 2. The summed E-state index contributed by atoms with van der Waals surface area (Å²) in [4.78, 5) is 27.1. The van der Waals surface area contributed by atoms with Gasteiger partial charge in [0.2, 0.25) is 5.78 Å². The summed E-state index contributed by atoms with van der Waals surface area (Å²) in [6, 6.07) is 8.64. The summed E-state index contributed by atoms with van der Waals surface area (Å²) < 4.78 is 6.82. The van der Waals surface area contributed by atoms with E-state index in [-0.39, 0.29) is 11.6 Å². The van der Waals surface area contributed by atoms with E-state index in [1.54, 1.807) is 55.3 Å². The lowest BCUT2D eigenvalue weighted by Gasteiger charge is -2.16. The average molecular weight is 328 g/mol. The predicted octanol–water partition coefficient (Wildman–Crippen LogP) is 2.79. The number of aryl methyl sites for hydroxylation is 1. The van der Waals surface area contributed by atoms with Gasteiger partial charge in [-0.1, -0.05) is 13.8 Å². The maximum atomic E-state index is 12.7. The van der Waals surface area contributed by atoms with Crippen LogP contribution in [0.1, 0.15) is 40.3 Å². The van der Waals surface area contributed by atoms with E-state index in [0.717, 1.165) is 13.1 Å². The van der Waals surface area contributed by atoms with Crippen LogP contribution >= 0.6 is 0 Å². The second kappa shape index (κ2) is 7.93. The quantitative estimate of drug-likeness (QED) is 0.699. The molecule has 0 spiro atoms. The van der Waals surface area contributed by atoms with Gasteiger partial charge in [0, 0.05) is 24.4 Å². The second-order valence-electron chi connectivity index (χ2n) is 5.67. The number of carbonyl (C=O) groups is 2. The zero-order valence-corrected chi connectivity index (χ0v) is 14.7. The monoisotopic (exact) mass is 328 g/mol. The summed E-state index contributed by atoms with van der Waals surface area (Å²) >= 11 is 0. The van der Waals surface area contributed by atoms with Crippen LogP contribution in [0.15, 0.2) is 36.5 Å². The lowest BCUT2D eigenvalue weighted by Crippen LogP contribution is -2.29. The van der Waals surface area contributed by atoms with E-state index in [4.69, 9.17) is 4.74 Å². The Bertz CT molecular complexity index is 713. The van der Waals surface area contributed by atoms with Crippen LogP contribution in [0.3, 0.4) is 0 Å². The molecule has 0 saturated heterocycles. The molecule has 2 rings (SSSR count). The van der Waals surface area contributed by atoms with Gasteiger partial charge in [0.25, 0.3) is 0 Å². The summed E-state index contributed by atoms with van der Waals surface area (Å²) in [5.74, 6) is 0.624. The van der Waals surface area contributed by atoms with Crippen LogP contribution in [0.4, 0.5) is 0 Å². The van der Waals surface area contributed by atoms with Crippen LogP contribution in [0, 0.1) is 0 Å². The molecule has 1 aromatic carbocycles. The molecular formula is C19H24N2O3. The molecule has 1 aromatic heterocycles. The number of hydrogen-bond acceptors (Lipinski definition) is 4. The minimum Gasteiger partial charge on any atom is -0.497 e. The van der Waals surface area contributed by atoms with E-state index in [1.807, 2.05) is 13.8 Å². The molecule has 24 heavy (non-hydrogen) atoms. The number of likely N-dealkylation sites (N-methyl/N-ethyl adjacent to an activating group) is 1. The van der Waals surface area contributed by atoms with Crippen molar-refractivity contribution in [1.82, 2.24) is 9.47 Å². The van der Waals surface area contributed by atoms with E-state index in [9.17, 15) is 9.59 Å². The van der Waals surface area contributed by atoms with Gasteiger partial charge >= 0.3 is 0 Å². The zero-order valence-electron chi connectivity index (χ0n) is 14.7. The van der Waals surface area contributed by atoms with Crippen molar-refractivity contribution in [3.8, 4) is 5.75 Å². The van der Waals surface area contributed by atoms with E-state index >= 15 is 0 Å². The van der Waals surface area contributed by atoms with Gasteiger partial charge in [-0.3, -0.25) is 14.5 Å². The van der Waals surface area contributed by atoms with Crippen molar-refractivity contribution < 1.29 is 14.3 Å². The number of Topliss-reactive ketones (excluding diaryl/α,β-unsaturated/α-hetero) is 1. The first-order chi connectivity index (χ1) is 11.5. The van der Waals surface area contributed by atoms with Crippen molar-refractivity contribution >= 4 is 11.6 Å². The molecule has 0 aliphatic heterocycles. The molecular weight excluding hydrogens is 304 g/mol. The Hall–Kier alpha value is -2.40. The molecule has 0 saturated carbocycles. The fourth-order valence-corrected chi connectivity index (χ4v) is 2.57. The number of nitrogens with zero attached hydrogens (tertiary/aromatic N) is 2. The Labute approximate surface area is 142 Å². The number of methoxy groups -OCH3 is 1. The molecule has 128 valence electrons. The van der Waals surface area contributed by atoms with Gasteiger partial charge in [-0.25, -0.2) is 0 Å². The summed E-state index contributed by atoms with van der Waals surface area (Å²) in [7, 11) is 3.37. The maximum absolute atomic E-state index is 12.7. The van der Waals surface area contributed by atoms with E-state index in [2.05, 4.69) is 4.90 Å². The first kappa shape index (κ1) is 17.9. The molecule has 0 aliphatic carbocycles. The zero-order chi connectivity index (χ0) is 17.7. The molecule has 5 heteroatoms. The molecule has 5 nitrogen and oxygen atoms in total. The Morgan fingerprint density at radius 2 is 1.71 bits per heavy atom. The Balaban J connectivity index is 2.21. The van der Waals surface area contributed by atoms with Gasteiger partial charge in [-0.15, -0.1) is 0 Å². The van der Waals surface area contributed by atoms with Gasteiger partial charge in [-0.05, 0) is 43.4 Å². The van der Waals surface area contributed by atoms with Crippen LogP contribution in [-0.4, -0.2) is 47.8 Å². The van der Waals surface area contributed by atoms with Crippen molar-refractivity contribution in [2.75, 3.05) is 26.7 Å². The molecule has 0 amide bonds. The van der Waals surface area contributed by atoms with Crippen molar-refractivity contribution in [3.63, 3.8) is 0 Å². The third-order valence-corrected chi connectivity index (χ3v) is 4.17. The number of ether oxygens (including phenoxy) is 1. The highest BCUT2D eigenvalue weighted by molar-refractivity contribution is 6.10. The van der Waals surface area contributed by atoms with Crippen LogP contribution in [0.2, 0.25) is 0 Å². The van der Waals surface area contributed by atoms with Crippen molar-refractivity contribution in [2.45, 2.75) is 13.8 Å². The molecule has 0 bridgehead atoms. The largest absolute Gasteiger partial charge is 0.497 e. The minimum atomic E-state index is -0.109. The van der Waals surface area contributed by atoms with Gasteiger partial charge < -0.3 is 9.30 Å². The second-order valence-corrected chi connectivity index (χ2v) is 5.67. The Morgan fingerprint density at radius 3 is 2.25 bits per heavy atom. The third kappa shape index (κ3) is 3.92. The highest BCUT2D eigenvalue weighted by Gasteiger charge is 2.18. The third-order valence-electron chi connectivity index (χ3n) is 4.17. The number of ketones is 2. The number of benzene rings is 1. The SMILES string of the molecule is CCN(CC)CC(=O)c1cc(C(=O)c2ccc(OC)cc2)n(C)c1. The molecule has 0 radical (unpaired) electrons. The van der Waals surface area contributed by atoms with Crippen LogP contribution in [0.5, 0.6) is 5.75 Å². The normalized spacial score (nSPS) is 10.9. The smallest absolute Gasteiger partial charge is 0.209 e. The maximum Gasteiger partial charge on any atom is 0.209 e. The number of rotatable bonds is 8.